The van der Waals surface area contributed by atoms with E-state index in [2.05, 4.69) is 36.5 Å². The lowest BCUT2D eigenvalue weighted by Crippen LogP contribution is -2.47. The molecule has 3 nitrogen and oxygen atoms in total. The molecule has 2 N–H and O–H groups in total. The van der Waals surface area contributed by atoms with Crippen LogP contribution < -0.4 is 10.7 Å². The standard InChI is InChI=1S/C9H21N3/c1-4-10-8(3)9-6-7-11-12(9)5-2/h8-11H,4-7H2,1-3H3. The van der Waals surface area contributed by atoms with Gasteiger partial charge in [0.05, 0.1) is 0 Å². The number of rotatable bonds is 4. The number of nitrogens with one attached hydrogen (secondary N) is 2. The van der Waals surface area contributed by atoms with Crippen LogP contribution in [0.3, 0.4) is 0 Å². The Morgan fingerprint density at radius 1 is 1.58 bits per heavy atom. The Balaban J connectivity index is 2.38. The van der Waals surface area contributed by atoms with Crippen LogP contribution >= 0.6 is 0 Å². The van der Waals surface area contributed by atoms with Gasteiger partial charge < -0.3 is 5.32 Å². The van der Waals surface area contributed by atoms with Crippen LogP contribution in [0.1, 0.15) is 27.2 Å². The van der Waals surface area contributed by atoms with Crippen LogP contribution in [0.2, 0.25) is 0 Å². The van der Waals surface area contributed by atoms with Crippen molar-refractivity contribution in [1.82, 2.24) is 15.8 Å². The molecule has 12 heavy (non-hydrogen) atoms. The highest BCUT2D eigenvalue weighted by molar-refractivity contribution is 4.83. The molecule has 1 heterocycles. The monoisotopic (exact) mass is 171 g/mol. The third-order valence-electron chi connectivity index (χ3n) is 2.60. The largest absolute Gasteiger partial charge is 0.313 e. The molecule has 1 aliphatic heterocycles. The molecule has 1 saturated heterocycles. The Bertz CT molecular complexity index is 127. The third kappa shape index (κ3) is 2.19. The van der Waals surface area contributed by atoms with E-state index in [1.165, 1.54) is 6.42 Å². The Morgan fingerprint density at radius 2 is 2.33 bits per heavy atom. The summed E-state index contributed by atoms with van der Waals surface area (Å²) in [4.78, 5) is 0. The summed E-state index contributed by atoms with van der Waals surface area (Å²) in [6.07, 6.45) is 1.27. The fraction of sp³-hybridized carbons (Fsp3) is 1.00. The van der Waals surface area contributed by atoms with E-state index in [0.717, 1.165) is 19.6 Å². The molecule has 0 radical (unpaired) electrons. The molecule has 0 saturated carbocycles. The third-order valence-corrected chi connectivity index (χ3v) is 2.60. The van der Waals surface area contributed by atoms with Crippen molar-refractivity contribution in [2.24, 2.45) is 0 Å². The first kappa shape index (κ1) is 9.96. The lowest BCUT2D eigenvalue weighted by atomic mass is 10.1. The SMILES string of the molecule is CCNC(C)C1CCNN1CC. The van der Waals surface area contributed by atoms with E-state index in [1.807, 2.05) is 0 Å². The van der Waals surface area contributed by atoms with Gasteiger partial charge in [-0.2, -0.15) is 0 Å². The van der Waals surface area contributed by atoms with Crippen molar-refractivity contribution in [3.8, 4) is 0 Å². The molecule has 1 rings (SSSR count). The van der Waals surface area contributed by atoms with E-state index >= 15 is 0 Å². The highest BCUT2D eigenvalue weighted by atomic mass is 15.5. The second kappa shape index (κ2) is 4.80. The van der Waals surface area contributed by atoms with Gasteiger partial charge in [0.2, 0.25) is 0 Å². The smallest absolute Gasteiger partial charge is 0.0406 e. The fourth-order valence-corrected chi connectivity index (χ4v) is 1.95. The van der Waals surface area contributed by atoms with Crippen LogP contribution in [-0.4, -0.2) is 36.7 Å². The fourth-order valence-electron chi connectivity index (χ4n) is 1.95. The molecule has 0 bridgehead atoms. The normalized spacial score (nSPS) is 27.8. The number of hydrazine groups is 1. The maximum Gasteiger partial charge on any atom is 0.0406 e. The second-order valence-electron chi connectivity index (χ2n) is 3.40. The predicted octanol–water partition coefficient (Wildman–Crippen LogP) is 0.583. The van der Waals surface area contributed by atoms with Gasteiger partial charge in [0.25, 0.3) is 0 Å². The second-order valence-corrected chi connectivity index (χ2v) is 3.40. The summed E-state index contributed by atoms with van der Waals surface area (Å²) in [7, 11) is 0. The zero-order valence-corrected chi connectivity index (χ0v) is 8.43. The number of hydrogen-bond donors (Lipinski definition) is 2. The molecule has 0 aromatic carbocycles. The predicted molar refractivity (Wildman–Crippen MR) is 51.9 cm³/mol. The average Bonchev–Trinajstić information content (AvgIpc) is 2.51. The topological polar surface area (TPSA) is 27.3 Å². The Morgan fingerprint density at radius 3 is 2.92 bits per heavy atom. The molecule has 0 aromatic heterocycles. The minimum Gasteiger partial charge on any atom is -0.313 e. The molecule has 0 aromatic rings. The zero-order valence-electron chi connectivity index (χ0n) is 8.43. The highest BCUT2D eigenvalue weighted by Crippen LogP contribution is 2.11. The van der Waals surface area contributed by atoms with Crippen LogP contribution in [0.4, 0.5) is 0 Å². The molecule has 1 aliphatic rings. The van der Waals surface area contributed by atoms with Gasteiger partial charge in [-0.1, -0.05) is 13.8 Å². The van der Waals surface area contributed by atoms with Gasteiger partial charge in [0.1, 0.15) is 0 Å². The maximum absolute atomic E-state index is 3.47. The minimum atomic E-state index is 0.602. The number of likely N-dealkylation sites (N-methyl/N-ethyl adjacent to an activating group) is 2. The van der Waals surface area contributed by atoms with E-state index in [-0.39, 0.29) is 0 Å². The van der Waals surface area contributed by atoms with Gasteiger partial charge in [-0.05, 0) is 19.9 Å². The van der Waals surface area contributed by atoms with Gasteiger partial charge in [-0.25, -0.2) is 5.01 Å². The van der Waals surface area contributed by atoms with Crippen LogP contribution in [0.25, 0.3) is 0 Å². The van der Waals surface area contributed by atoms with Crippen LogP contribution in [-0.2, 0) is 0 Å². The summed E-state index contributed by atoms with van der Waals surface area (Å²) in [5.74, 6) is 0. The van der Waals surface area contributed by atoms with Crippen LogP contribution in [0.5, 0.6) is 0 Å². The van der Waals surface area contributed by atoms with Crippen LogP contribution in [0.15, 0.2) is 0 Å². The van der Waals surface area contributed by atoms with Gasteiger partial charge in [-0.3, -0.25) is 5.43 Å². The summed E-state index contributed by atoms with van der Waals surface area (Å²) in [6, 6.07) is 1.28. The van der Waals surface area contributed by atoms with Crippen molar-refractivity contribution in [2.75, 3.05) is 19.6 Å². The first-order valence-electron chi connectivity index (χ1n) is 5.03. The van der Waals surface area contributed by atoms with E-state index < -0.39 is 0 Å². The Kier molecular flexibility index (Phi) is 3.98. The molecule has 3 heteroatoms. The molecular weight excluding hydrogens is 150 g/mol. The lowest BCUT2D eigenvalue weighted by Gasteiger charge is -2.28. The van der Waals surface area contributed by atoms with Gasteiger partial charge in [0, 0.05) is 25.2 Å². The molecule has 1 fully saturated rings. The highest BCUT2D eigenvalue weighted by Gasteiger charge is 2.26. The van der Waals surface area contributed by atoms with Crippen molar-refractivity contribution in [3.05, 3.63) is 0 Å². The van der Waals surface area contributed by atoms with E-state index in [4.69, 9.17) is 0 Å². The molecule has 0 aliphatic carbocycles. The molecular formula is C9H21N3. The summed E-state index contributed by atoms with van der Waals surface area (Å²) in [6.45, 7) is 9.92. The summed E-state index contributed by atoms with van der Waals surface area (Å²) in [5.41, 5.74) is 3.39. The zero-order chi connectivity index (χ0) is 8.97. The van der Waals surface area contributed by atoms with Gasteiger partial charge in [-0.15, -0.1) is 0 Å². The minimum absolute atomic E-state index is 0.602. The van der Waals surface area contributed by atoms with Crippen molar-refractivity contribution in [1.29, 1.82) is 0 Å². The first-order chi connectivity index (χ1) is 5.79. The van der Waals surface area contributed by atoms with E-state index in [1.54, 1.807) is 0 Å². The molecule has 2 unspecified atom stereocenters. The van der Waals surface area contributed by atoms with Crippen LogP contribution in [0, 0.1) is 0 Å². The van der Waals surface area contributed by atoms with Gasteiger partial charge >= 0.3 is 0 Å². The summed E-state index contributed by atoms with van der Waals surface area (Å²) >= 11 is 0. The lowest BCUT2D eigenvalue weighted by molar-refractivity contribution is 0.168. The molecule has 72 valence electrons. The summed E-state index contributed by atoms with van der Waals surface area (Å²) in [5, 5.41) is 5.81. The Hall–Kier alpha value is -0.120. The summed E-state index contributed by atoms with van der Waals surface area (Å²) < 4.78 is 0. The average molecular weight is 171 g/mol. The molecule has 0 amide bonds. The first-order valence-corrected chi connectivity index (χ1v) is 5.03. The van der Waals surface area contributed by atoms with Crippen molar-refractivity contribution >= 4 is 0 Å². The van der Waals surface area contributed by atoms with Crippen molar-refractivity contribution < 1.29 is 0 Å². The van der Waals surface area contributed by atoms with E-state index in [9.17, 15) is 0 Å². The van der Waals surface area contributed by atoms with Crippen molar-refractivity contribution in [2.45, 2.75) is 39.3 Å². The maximum atomic E-state index is 3.47. The molecule has 2 atom stereocenters. The van der Waals surface area contributed by atoms with Gasteiger partial charge in [0.15, 0.2) is 0 Å². The van der Waals surface area contributed by atoms with E-state index in [0.29, 0.717) is 12.1 Å². The number of hydrogen-bond acceptors (Lipinski definition) is 3. The Labute approximate surface area is 75.5 Å². The number of nitrogens with zero attached hydrogens (tertiary/aromatic N) is 1. The molecule has 0 spiro atoms. The van der Waals surface area contributed by atoms with Crippen molar-refractivity contribution in [3.63, 3.8) is 0 Å². The quantitative estimate of drug-likeness (QED) is 0.648.